The van der Waals surface area contributed by atoms with E-state index in [1.807, 2.05) is 0 Å². The third-order valence-corrected chi connectivity index (χ3v) is 4.11. The number of pyridine rings is 1. The number of aromatic nitrogens is 5. The van der Waals surface area contributed by atoms with Crippen molar-refractivity contribution in [3.8, 4) is 18.2 Å². The zero-order chi connectivity index (χ0) is 21.4. The fourth-order valence-electron chi connectivity index (χ4n) is 2.87. The summed E-state index contributed by atoms with van der Waals surface area (Å²) in [6.07, 6.45) is 0. The Morgan fingerprint density at radius 1 is 0.600 bits per heavy atom. The van der Waals surface area contributed by atoms with Gasteiger partial charge in [0, 0.05) is 5.39 Å². The lowest BCUT2D eigenvalue weighted by atomic mass is 10.1. The van der Waals surface area contributed by atoms with E-state index in [0.717, 1.165) is 0 Å². The van der Waals surface area contributed by atoms with Crippen molar-refractivity contribution in [3.63, 3.8) is 0 Å². The highest BCUT2D eigenvalue weighted by molar-refractivity contribution is 6.20. The lowest BCUT2D eigenvalue weighted by Gasteiger charge is -2.07. The van der Waals surface area contributed by atoms with Crippen molar-refractivity contribution in [1.29, 1.82) is 15.8 Å². The first kappa shape index (κ1) is 17.7. The smallest absolute Gasteiger partial charge is 0.307 e. The minimum Gasteiger partial charge on any atom is -0.371 e. The number of hydrogen-bond donors (Lipinski definition) is 0. The molecule has 3 heterocycles. The highest BCUT2D eigenvalue weighted by Crippen LogP contribution is 2.37. The second kappa shape index (κ2) is 6.45. The summed E-state index contributed by atoms with van der Waals surface area (Å²) in [4.78, 5) is 30.6. The molecule has 30 heavy (non-hydrogen) atoms. The summed E-state index contributed by atoms with van der Waals surface area (Å²) in [5.41, 5.74) is -0.424. The van der Waals surface area contributed by atoms with E-state index in [9.17, 15) is 15.8 Å². The summed E-state index contributed by atoms with van der Waals surface area (Å²) >= 11 is 0. The van der Waals surface area contributed by atoms with Crippen molar-refractivity contribution < 1.29 is 0 Å². The van der Waals surface area contributed by atoms with Crippen molar-refractivity contribution >= 4 is 50.3 Å². The van der Waals surface area contributed by atoms with Crippen LogP contribution in [0, 0.1) is 53.7 Å². The van der Waals surface area contributed by atoms with E-state index in [1.54, 1.807) is 18.2 Å². The molecule has 0 aliphatic rings. The van der Waals surface area contributed by atoms with Gasteiger partial charge in [0.05, 0.1) is 6.57 Å². The number of nitriles is 3. The Balaban J connectivity index is 2.42. The van der Waals surface area contributed by atoms with Crippen molar-refractivity contribution in [3.05, 3.63) is 57.4 Å². The normalized spacial score (nSPS) is 9.80. The molecule has 0 saturated carbocycles. The van der Waals surface area contributed by atoms with Crippen molar-refractivity contribution in [2.75, 3.05) is 0 Å². The Bertz CT molecular complexity index is 1350. The molecule has 0 saturated heterocycles. The van der Waals surface area contributed by atoms with Crippen LogP contribution in [-0.2, 0) is 0 Å². The molecule has 11 nitrogen and oxygen atoms in total. The zero-order valence-corrected chi connectivity index (χ0v) is 14.5. The molecule has 0 amide bonds. The molecule has 3 aromatic heterocycles. The predicted octanol–water partition coefficient (Wildman–Crippen LogP) is 3.39. The number of fused-ring (bicyclic) bond motifs is 6. The van der Waals surface area contributed by atoms with E-state index in [0.29, 0.717) is 0 Å². The van der Waals surface area contributed by atoms with Crippen LogP contribution in [0.3, 0.4) is 0 Å². The van der Waals surface area contributed by atoms with Gasteiger partial charge < -0.3 is 9.69 Å². The van der Waals surface area contributed by atoms with Crippen LogP contribution >= 0.6 is 0 Å². The summed E-state index contributed by atoms with van der Waals surface area (Å²) < 4.78 is 0. The summed E-state index contributed by atoms with van der Waals surface area (Å²) in [6.45, 7) is 21.8. The third kappa shape index (κ3) is 2.29. The molecular formula is C19HN11. The van der Waals surface area contributed by atoms with Crippen LogP contribution in [0.15, 0.2) is 6.07 Å². The van der Waals surface area contributed by atoms with Gasteiger partial charge in [-0.15, -0.1) is 9.97 Å². The molecule has 0 aliphatic carbocycles. The maximum absolute atomic E-state index is 9.32. The first-order valence-corrected chi connectivity index (χ1v) is 7.83. The topological polar surface area (TPSA) is 149 Å². The van der Waals surface area contributed by atoms with Crippen molar-refractivity contribution in [2.24, 2.45) is 0 Å². The van der Waals surface area contributed by atoms with Gasteiger partial charge in [-0.2, -0.15) is 15.8 Å². The van der Waals surface area contributed by atoms with Crippen molar-refractivity contribution in [2.45, 2.75) is 0 Å². The monoisotopic (exact) mass is 383 g/mol. The third-order valence-electron chi connectivity index (χ3n) is 4.11. The van der Waals surface area contributed by atoms with E-state index in [2.05, 4.69) is 39.5 Å². The van der Waals surface area contributed by atoms with E-state index in [1.165, 1.54) is 6.07 Å². The number of hydrogen-bond acceptors (Lipinski definition) is 8. The molecular weight excluding hydrogens is 382 g/mol. The van der Waals surface area contributed by atoms with Gasteiger partial charge >= 0.3 is 5.82 Å². The van der Waals surface area contributed by atoms with Crippen LogP contribution < -0.4 is 0 Å². The quantitative estimate of drug-likeness (QED) is 0.331. The van der Waals surface area contributed by atoms with Gasteiger partial charge in [-0.1, -0.05) is 19.2 Å². The molecule has 132 valence electrons. The number of nitrogens with zero attached hydrogens (tertiary/aromatic N) is 11. The van der Waals surface area contributed by atoms with Crippen LogP contribution in [0.2, 0.25) is 0 Å². The van der Waals surface area contributed by atoms with E-state index < -0.39 is 0 Å². The van der Waals surface area contributed by atoms with Crippen LogP contribution in [0.1, 0.15) is 17.1 Å². The first-order valence-electron chi connectivity index (χ1n) is 7.83. The van der Waals surface area contributed by atoms with Gasteiger partial charge in [0.2, 0.25) is 16.7 Å². The predicted molar refractivity (Wildman–Crippen MR) is 101 cm³/mol. The largest absolute Gasteiger partial charge is 0.371 e. The molecule has 0 fully saturated rings. The van der Waals surface area contributed by atoms with Crippen LogP contribution in [0.5, 0.6) is 0 Å². The van der Waals surface area contributed by atoms with Crippen LogP contribution in [-0.4, -0.2) is 24.9 Å². The number of benzene rings is 1. The minimum absolute atomic E-state index is 0.0360. The maximum atomic E-state index is 9.32. The SMILES string of the molecule is [C-]#[N+]c1cc2c3nc(C#N)c(C#N)nc3c3nc(C#N)c([N+]#[C-])nc3c2nc1[N+]#[C-]. The highest BCUT2D eigenvalue weighted by atomic mass is 15.0. The maximum Gasteiger partial charge on any atom is 0.307 e. The summed E-state index contributed by atoms with van der Waals surface area (Å²) in [5.74, 6) is -0.455. The van der Waals surface area contributed by atoms with Gasteiger partial charge in [-0.25, -0.2) is 19.8 Å². The fourth-order valence-corrected chi connectivity index (χ4v) is 2.87. The summed E-state index contributed by atoms with van der Waals surface area (Å²) in [5, 5.41) is 28.2. The number of rotatable bonds is 0. The molecule has 0 unspecified atom stereocenters. The Labute approximate surface area is 167 Å². The molecule has 0 spiro atoms. The van der Waals surface area contributed by atoms with Gasteiger partial charge in [-0.3, -0.25) is 0 Å². The average Bonchev–Trinajstić information content (AvgIpc) is 2.81. The second-order valence-electron chi connectivity index (χ2n) is 5.61. The molecule has 0 radical (unpaired) electrons. The molecule has 0 N–H and O–H groups in total. The van der Waals surface area contributed by atoms with E-state index >= 15 is 0 Å². The first-order chi connectivity index (χ1) is 14.6. The molecule has 11 heteroatoms. The molecule has 0 bridgehead atoms. The molecule has 0 atom stereocenters. The Morgan fingerprint density at radius 3 is 1.63 bits per heavy atom. The van der Waals surface area contributed by atoms with Gasteiger partial charge in [0.1, 0.15) is 34.8 Å². The van der Waals surface area contributed by atoms with Crippen LogP contribution in [0.4, 0.5) is 17.3 Å². The highest BCUT2D eigenvalue weighted by Gasteiger charge is 2.25. The summed E-state index contributed by atoms with van der Waals surface area (Å²) in [6, 6.07) is 6.72. The molecule has 4 aromatic rings. The Kier molecular flexibility index (Phi) is 3.79. The lowest BCUT2D eigenvalue weighted by molar-refractivity contribution is 1.19. The van der Waals surface area contributed by atoms with Crippen molar-refractivity contribution in [1.82, 2.24) is 24.9 Å². The van der Waals surface area contributed by atoms with E-state index in [4.69, 9.17) is 19.7 Å². The zero-order valence-electron chi connectivity index (χ0n) is 14.5. The van der Waals surface area contributed by atoms with Gasteiger partial charge in [-0.05, 0) is 0 Å². The van der Waals surface area contributed by atoms with Gasteiger partial charge in [0.25, 0.3) is 5.82 Å². The second-order valence-corrected chi connectivity index (χ2v) is 5.61. The Morgan fingerprint density at radius 2 is 1.07 bits per heavy atom. The molecule has 0 aliphatic heterocycles. The fraction of sp³-hybridized carbons (Fsp3) is 0. The Hall–Kier alpha value is -5.75. The molecule has 1 aromatic carbocycles. The van der Waals surface area contributed by atoms with E-state index in [-0.39, 0.29) is 67.4 Å². The molecule has 4 rings (SSSR count). The minimum atomic E-state index is -0.270. The van der Waals surface area contributed by atoms with Crippen LogP contribution in [0.25, 0.3) is 47.5 Å². The summed E-state index contributed by atoms with van der Waals surface area (Å²) in [7, 11) is 0. The lowest BCUT2D eigenvalue weighted by Crippen LogP contribution is -2.01. The average molecular weight is 383 g/mol. The standard InChI is InChI=1S/C19HN11/c1-23-9-4-8-13-15(27-11(6-21)10(5-20)26-13)17-16(14(8)29-18(9)24-2)30-19(25-3)12(7-22)28-17/h4H. The van der Waals surface area contributed by atoms with Gasteiger partial charge in [0.15, 0.2) is 17.1 Å².